The zero-order chi connectivity index (χ0) is 14.3. The summed E-state index contributed by atoms with van der Waals surface area (Å²) in [6, 6.07) is 6.60. The molecule has 2 fully saturated rings. The van der Waals surface area contributed by atoms with E-state index in [1.54, 1.807) is 24.3 Å². The van der Waals surface area contributed by atoms with Gasteiger partial charge in [-0.2, -0.15) is 8.42 Å². The molecule has 0 aromatic heterocycles. The topological polar surface area (TPSA) is 61.8 Å². The van der Waals surface area contributed by atoms with Gasteiger partial charge >= 0.3 is 0 Å². The summed E-state index contributed by atoms with van der Waals surface area (Å²) in [5.41, 5.74) is 1.00. The number of fused-ring (bicyclic) bond motifs is 1. The number of hydrogen-bond donors (Lipinski definition) is 0. The van der Waals surface area contributed by atoms with Crippen molar-refractivity contribution >= 4 is 18.0 Å². The highest BCUT2D eigenvalue weighted by molar-refractivity contribution is 7.86. The second-order valence-corrected chi connectivity index (χ2v) is 7.05. The molecule has 1 aromatic carbocycles. The Kier molecular flexibility index (Phi) is 3.62. The lowest BCUT2D eigenvalue weighted by Crippen LogP contribution is -2.32. The minimum Gasteiger partial charge on any atom is -0.373 e. The van der Waals surface area contributed by atoms with Crippen LogP contribution in [0.15, 0.2) is 29.2 Å². The highest BCUT2D eigenvalue weighted by Gasteiger charge is 2.48. The van der Waals surface area contributed by atoms with E-state index in [0.717, 1.165) is 5.56 Å². The van der Waals surface area contributed by atoms with Gasteiger partial charge in [-0.3, -0.25) is 4.18 Å². The minimum absolute atomic E-state index is 0.0618. The quantitative estimate of drug-likeness (QED) is 0.592. The zero-order valence-electron chi connectivity index (χ0n) is 11.5. The van der Waals surface area contributed by atoms with Crippen molar-refractivity contribution in [3.8, 4) is 0 Å². The highest BCUT2D eigenvalue weighted by Crippen LogP contribution is 2.35. The molecule has 0 amide bonds. The molecule has 3 rings (SSSR count). The average molecular weight is 296 g/mol. The molecule has 7 heteroatoms. The summed E-state index contributed by atoms with van der Waals surface area (Å²) in [6.07, 6.45) is -0.908. The molecule has 4 atom stereocenters. The molecular formula is C13H17BO5S. The van der Waals surface area contributed by atoms with Gasteiger partial charge in [0.15, 0.2) is 0 Å². The van der Waals surface area contributed by atoms with E-state index in [2.05, 4.69) is 0 Å². The van der Waals surface area contributed by atoms with Crippen LogP contribution in [0.4, 0.5) is 0 Å². The monoisotopic (exact) mass is 296 g/mol. The molecule has 0 bridgehead atoms. The number of aryl methyl sites for hydroxylation is 1. The number of ether oxygens (including phenoxy) is 2. The fourth-order valence-electron chi connectivity index (χ4n) is 2.66. The number of rotatable bonds is 3. The Balaban J connectivity index is 1.76. The molecular weight excluding hydrogens is 279 g/mol. The Morgan fingerprint density at radius 2 is 1.80 bits per heavy atom. The third kappa shape index (κ3) is 2.51. The standard InChI is InChI=1S/C13H17BO5S/c1-8-2-4-9(5-3-8)20(15,16)19-11-7-18-12-10(14)6-17-13(11)12/h2-5,10-13H,6-7,14H2,1H3/t10-,11-,12+,13+/m0/s1. The Morgan fingerprint density at radius 3 is 2.50 bits per heavy atom. The van der Waals surface area contributed by atoms with Gasteiger partial charge in [0.25, 0.3) is 10.1 Å². The van der Waals surface area contributed by atoms with Gasteiger partial charge in [0.05, 0.1) is 17.6 Å². The van der Waals surface area contributed by atoms with Crippen LogP contribution >= 0.6 is 0 Å². The maximum atomic E-state index is 12.2. The summed E-state index contributed by atoms with van der Waals surface area (Å²) in [5.74, 6) is 0.274. The third-order valence-electron chi connectivity index (χ3n) is 3.82. The zero-order valence-corrected chi connectivity index (χ0v) is 12.3. The van der Waals surface area contributed by atoms with Crippen LogP contribution in [0.3, 0.4) is 0 Å². The van der Waals surface area contributed by atoms with Gasteiger partial charge < -0.3 is 9.47 Å². The van der Waals surface area contributed by atoms with E-state index in [0.29, 0.717) is 6.61 Å². The van der Waals surface area contributed by atoms with Gasteiger partial charge in [0.2, 0.25) is 0 Å². The first-order valence-corrected chi connectivity index (χ1v) is 8.11. The van der Waals surface area contributed by atoms with E-state index in [9.17, 15) is 8.42 Å². The maximum Gasteiger partial charge on any atom is 0.297 e. The molecule has 0 spiro atoms. The van der Waals surface area contributed by atoms with E-state index in [1.165, 1.54) is 0 Å². The Hall–Kier alpha value is -0.885. The van der Waals surface area contributed by atoms with Crippen molar-refractivity contribution < 1.29 is 22.1 Å². The van der Waals surface area contributed by atoms with Crippen LogP contribution in [0.2, 0.25) is 5.82 Å². The SMILES string of the molecule is B[C@H]1CO[C@H]2[C@@H]1OC[C@@H]2OS(=O)(=O)c1ccc(C)cc1. The Bertz CT molecular complexity index is 585. The van der Waals surface area contributed by atoms with Crippen molar-refractivity contribution in [1.82, 2.24) is 0 Å². The highest BCUT2D eigenvalue weighted by atomic mass is 32.2. The van der Waals surface area contributed by atoms with Crippen molar-refractivity contribution in [3.05, 3.63) is 29.8 Å². The van der Waals surface area contributed by atoms with Crippen molar-refractivity contribution in [2.45, 2.75) is 35.9 Å². The van der Waals surface area contributed by atoms with Crippen LogP contribution in [0.1, 0.15) is 5.56 Å². The smallest absolute Gasteiger partial charge is 0.297 e. The molecule has 5 nitrogen and oxygen atoms in total. The molecule has 1 aromatic rings. The van der Waals surface area contributed by atoms with Gasteiger partial charge in [-0.25, -0.2) is 0 Å². The van der Waals surface area contributed by atoms with Gasteiger partial charge in [0.1, 0.15) is 20.1 Å². The average Bonchev–Trinajstić information content (AvgIpc) is 2.95. The van der Waals surface area contributed by atoms with E-state index in [4.69, 9.17) is 13.7 Å². The molecule has 0 N–H and O–H groups in total. The summed E-state index contributed by atoms with van der Waals surface area (Å²) in [7, 11) is -1.75. The van der Waals surface area contributed by atoms with E-state index >= 15 is 0 Å². The predicted octanol–water partition coefficient (Wildman–Crippen LogP) is 0.288. The molecule has 2 aliphatic rings. The first-order chi connectivity index (χ1) is 9.47. The number of benzene rings is 1. The van der Waals surface area contributed by atoms with E-state index < -0.39 is 16.2 Å². The normalized spacial score (nSPS) is 33.2. The summed E-state index contributed by atoms with van der Waals surface area (Å²) in [6.45, 7) is 2.74. The largest absolute Gasteiger partial charge is 0.373 e. The molecule has 108 valence electrons. The fourth-order valence-corrected chi connectivity index (χ4v) is 3.73. The first kappa shape index (κ1) is 14.1. The number of hydrogen-bond acceptors (Lipinski definition) is 5. The second kappa shape index (κ2) is 5.14. The fraction of sp³-hybridized carbons (Fsp3) is 0.538. The van der Waals surface area contributed by atoms with Gasteiger partial charge in [-0.05, 0) is 24.9 Å². The summed E-state index contributed by atoms with van der Waals surface area (Å²) >= 11 is 0. The van der Waals surface area contributed by atoms with Crippen LogP contribution in [-0.2, 0) is 23.8 Å². The minimum atomic E-state index is -3.78. The van der Waals surface area contributed by atoms with Crippen LogP contribution in [-0.4, -0.2) is 47.8 Å². The second-order valence-electron chi connectivity index (χ2n) is 5.48. The molecule has 2 heterocycles. The van der Waals surface area contributed by atoms with Crippen LogP contribution in [0, 0.1) is 6.92 Å². The van der Waals surface area contributed by atoms with Gasteiger partial charge in [-0.1, -0.05) is 17.7 Å². The summed E-state index contributed by atoms with van der Waals surface area (Å²) in [5, 5.41) is 0. The Labute approximate surface area is 119 Å². The molecule has 0 aliphatic carbocycles. The summed E-state index contributed by atoms with van der Waals surface area (Å²) in [4.78, 5) is 0.164. The summed E-state index contributed by atoms with van der Waals surface area (Å²) < 4.78 is 41.0. The lowest BCUT2D eigenvalue weighted by Gasteiger charge is -2.16. The van der Waals surface area contributed by atoms with Crippen molar-refractivity contribution in [1.29, 1.82) is 0 Å². The van der Waals surface area contributed by atoms with Crippen LogP contribution in [0.5, 0.6) is 0 Å². The van der Waals surface area contributed by atoms with Gasteiger partial charge in [-0.15, -0.1) is 0 Å². The molecule has 0 radical (unpaired) electrons. The van der Waals surface area contributed by atoms with Gasteiger partial charge in [0, 0.05) is 6.61 Å². The van der Waals surface area contributed by atoms with Crippen molar-refractivity contribution in [3.63, 3.8) is 0 Å². The first-order valence-electron chi connectivity index (χ1n) is 6.70. The predicted molar refractivity (Wildman–Crippen MR) is 75.0 cm³/mol. The van der Waals surface area contributed by atoms with E-state index in [-0.39, 0.29) is 29.5 Å². The molecule has 0 saturated carbocycles. The van der Waals surface area contributed by atoms with Crippen molar-refractivity contribution in [2.24, 2.45) is 0 Å². The Morgan fingerprint density at radius 1 is 1.15 bits per heavy atom. The third-order valence-corrected chi connectivity index (χ3v) is 5.17. The van der Waals surface area contributed by atoms with E-state index in [1.807, 2.05) is 14.8 Å². The molecule has 0 unspecified atom stereocenters. The van der Waals surface area contributed by atoms with Crippen LogP contribution < -0.4 is 0 Å². The van der Waals surface area contributed by atoms with Crippen molar-refractivity contribution in [2.75, 3.05) is 13.2 Å². The molecule has 20 heavy (non-hydrogen) atoms. The molecule has 2 saturated heterocycles. The maximum absolute atomic E-state index is 12.2. The lowest BCUT2D eigenvalue weighted by molar-refractivity contribution is 0.0336. The molecule has 2 aliphatic heterocycles. The lowest BCUT2D eigenvalue weighted by atomic mass is 9.83. The van der Waals surface area contributed by atoms with Crippen LogP contribution in [0.25, 0.3) is 0 Å².